The molecule has 0 bridgehead atoms. The summed E-state index contributed by atoms with van der Waals surface area (Å²) in [5.74, 6) is 0.964. The number of para-hydroxylation sites is 2. The lowest BCUT2D eigenvalue weighted by molar-refractivity contribution is 0.218. The molecule has 1 fully saturated rings. The maximum Gasteiger partial charge on any atom is 0.324 e. The number of urea groups is 1. The van der Waals surface area contributed by atoms with Crippen LogP contribution in [-0.4, -0.2) is 40.1 Å². The van der Waals surface area contributed by atoms with Crippen molar-refractivity contribution in [3.63, 3.8) is 0 Å². The molecule has 2 amide bonds. The minimum absolute atomic E-state index is 0.0191. The highest BCUT2D eigenvalue weighted by Gasteiger charge is 2.30. The SMILES string of the molecule is Cc1nccn1CCN1CCN(c2ccccc2N)C1=O. The Labute approximate surface area is 123 Å². The molecule has 0 spiro atoms. The average Bonchev–Trinajstić information content (AvgIpc) is 3.04. The Bertz CT molecular complexity index is 651. The van der Waals surface area contributed by atoms with E-state index in [1.54, 1.807) is 11.1 Å². The Balaban J connectivity index is 1.67. The van der Waals surface area contributed by atoms with Gasteiger partial charge in [-0.25, -0.2) is 9.78 Å². The van der Waals surface area contributed by atoms with Crippen LogP contribution in [0.1, 0.15) is 5.82 Å². The molecular weight excluding hydrogens is 266 g/mol. The molecule has 0 saturated carbocycles. The van der Waals surface area contributed by atoms with E-state index in [0.717, 1.165) is 24.6 Å². The Hall–Kier alpha value is -2.50. The average molecular weight is 285 g/mol. The highest BCUT2D eigenvalue weighted by Crippen LogP contribution is 2.26. The zero-order valence-electron chi connectivity index (χ0n) is 12.1. The summed E-state index contributed by atoms with van der Waals surface area (Å²) in [6.45, 7) is 4.80. The van der Waals surface area contributed by atoms with E-state index in [4.69, 9.17) is 5.73 Å². The molecule has 0 radical (unpaired) electrons. The molecule has 1 aliphatic rings. The first-order valence-corrected chi connectivity index (χ1v) is 7.05. The fraction of sp³-hybridized carbons (Fsp3) is 0.333. The van der Waals surface area contributed by atoms with Crippen molar-refractivity contribution in [2.45, 2.75) is 13.5 Å². The summed E-state index contributed by atoms with van der Waals surface area (Å²) < 4.78 is 2.05. The Morgan fingerprint density at radius 2 is 2.05 bits per heavy atom. The lowest BCUT2D eigenvalue weighted by Gasteiger charge is -2.20. The monoisotopic (exact) mass is 285 g/mol. The number of nitrogens with zero attached hydrogens (tertiary/aromatic N) is 4. The second-order valence-corrected chi connectivity index (χ2v) is 5.15. The number of nitrogens with two attached hydrogens (primary N) is 1. The summed E-state index contributed by atoms with van der Waals surface area (Å²) >= 11 is 0. The number of hydrogen-bond acceptors (Lipinski definition) is 3. The number of carbonyl (C=O) groups excluding carboxylic acids is 1. The standard InChI is InChI=1S/C15H19N5O/c1-12-17-6-7-18(12)8-9-19-10-11-20(15(19)21)14-5-3-2-4-13(14)16/h2-7H,8-11,16H2,1H3. The number of aromatic nitrogens is 2. The van der Waals surface area contributed by atoms with Gasteiger partial charge in [0.1, 0.15) is 5.82 Å². The minimum atomic E-state index is 0.0191. The zero-order chi connectivity index (χ0) is 14.8. The van der Waals surface area contributed by atoms with Gasteiger partial charge < -0.3 is 15.2 Å². The summed E-state index contributed by atoms with van der Waals surface area (Å²) in [4.78, 5) is 20.3. The van der Waals surface area contributed by atoms with Crippen molar-refractivity contribution in [3.8, 4) is 0 Å². The number of nitrogen functional groups attached to an aromatic ring is 1. The van der Waals surface area contributed by atoms with E-state index in [9.17, 15) is 4.79 Å². The first-order valence-electron chi connectivity index (χ1n) is 7.05. The lowest BCUT2D eigenvalue weighted by Crippen LogP contribution is -2.34. The highest BCUT2D eigenvalue weighted by atomic mass is 16.2. The van der Waals surface area contributed by atoms with Crippen molar-refractivity contribution in [3.05, 3.63) is 42.5 Å². The Kier molecular flexibility index (Phi) is 3.51. The second kappa shape index (κ2) is 5.47. The molecule has 21 heavy (non-hydrogen) atoms. The van der Waals surface area contributed by atoms with Crippen molar-refractivity contribution >= 4 is 17.4 Å². The topological polar surface area (TPSA) is 67.4 Å². The van der Waals surface area contributed by atoms with Crippen molar-refractivity contribution < 1.29 is 4.79 Å². The smallest absolute Gasteiger partial charge is 0.324 e. The maximum atomic E-state index is 12.5. The third-order valence-electron chi connectivity index (χ3n) is 3.86. The van der Waals surface area contributed by atoms with Crippen molar-refractivity contribution in [1.82, 2.24) is 14.5 Å². The first-order chi connectivity index (χ1) is 10.2. The van der Waals surface area contributed by atoms with Crippen molar-refractivity contribution in [1.29, 1.82) is 0 Å². The van der Waals surface area contributed by atoms with Crippen LogP contribution in [0.25, 0.3) is 0 Å². The summed E-state index contributed by atoms with van der Waals surface area (Å²) in [7, 11) is 0. The van der Waals surface area contributed by atoms with Crippen LogP contribution in [0.2, 0.25) is 0 Å². The summed E-state index contributed by atoms with van der Waals surface area (Å²) in [5.41, 5.74) is 7.39. The molecule has 6 heteroatoms. The summed E-state index contributed by atoms with van der Waals surface area (Å²) in [6.07, 6.45) is 3.71. The van der Waals surface area contributed by atoms with Gasteiger partial charge in [-0.05, 0) is 19.1 Å². The molecule has 2 heterocycles. The second-order valence-electron chi connectivity index (χ2n) is 5.15. The van der Waals surface area contributed by atoms with Gasteiger partial charge >= 0.3 is 6.03 Å². The number of benzene rings is 1. The molecule has 1 aliphatic heterocycles. The predicted octanol–water partition coefficient (Wildman–Crippen LogP) is 1.72. The van der Waals surface area contributed by atoms with Gasteiger partial charge in [0.15, 0.2) is 0 Å². The minimum Gasteiger partial charge on any atom is -0.397 e. The van der Waals surface area contributed by atoms with Crippen LogP contribution in [-0.2, 0) is 6.54 Å². The van der Waals surface area contributed by atoms with E-state index in [-0.39, 0.29) is 6.03 Å². The fourth-order valence-electron chi connectivity index (χ4n) is 2.62. The third kappa shape index (κ3) is 2.56. The van der Waals surface area contributed by atoms with Crippen LogP contribution < -0.4 is 10.6 Å². The number of imidazole rings is 1. The molecule has 2 N–H and O–H groups in total. The van der Waals surface area contributed by atoms with Gasteiger partial charge in [-0.1, -0.05) is 12.1 Å². The number of carbonyl (C=O) groups is 1. The van der Waals surface area contributed by atoms with E-state index < -0.39 is 0 Å². The highest BCUT2D eigenvalue weighted by molar-refractivity contribution is 5.97. The predicted molar refractivity (Wildman–Crippen MR) is 82.1 cm³/mol. The van der Waals surface area contributed by atoms with Gasteiger partial charge in [0.25, 0.3) is 0 Å². The van der Waals surface area contributed by atoms with E-state index in [2.05, 4.69) is 4.98 Å². The molecule has 0 atom stereocenters. The summed E-state index contributed by atoms with van der Waals surface area (Å²) in [6, 6.07) is 7.50. The molecule has 2 aromatic rings. The molecule has 6 nitrogen and oxygen atoms in total. The Morgan fingerprint density at radius 3 is 2.76 bits per heavy atom. The molecule has 0 unspecified atom stereocenters. The molecular formula is C15H19N5O. The van der Waals surface area contributed by atoms with Gasteiger partial charge in [0.05, 0.1) is 11.4 Å². The lowest BCUT2D eigenvalue weighted by atomic mass is 10.2. The quantitative estimate of drug-likeness (QED) is 0.870. The van der Waals surface area contributed by atoms with Gasteiger partial charge in [0.2, 0.25) is 0 Å². The molecule has 0 aliphatic carbocycles. The number of anilines is 2. The van der Waals surface area contributed by atoms with Crippen LogP contribution in [0.15, 0.2) is 36.7 Å². The number of rotatable bonds is 4. The van der Waals surface area contributed by atoms with Gasteiger partial charge in [-0.3, -0.25) is 4.90 Å². The van der Waals surface area contributed by atoms with Gasteiger partial charge in [-0.15, -0.1) is 0 Å². The van der Waals surface area contributed by atoms with Crippen molar-refractivity contribution in [2.24, 2.45) is 0 Å². The van der Waals surface area contributed by atoms with Crippen LogP contribution >= 0.6 is 0 Å². The number of hydrogen-bond donors (Lipinski definition) is 1. The molecule has 1 saturated heterocycles. The summed E-state index contributed by atoms with van der Waals surface area (Å²) in [5, 5.41) is 0. The molecule has 1 aromatic carbocycles. The largest absolute Gasteiger partial charge is 0.397 e. The zero-order valence-corrected chi connectivity index (χ0v) is 12.1. The van der Waals surface area contributed by atoms with Crippen LogP contribution in [0.5, 0.6) is 0 Å². The Morgan fingerprint density at radius 1 is 1.24 bits per heavy atom. The van der Waals surface area contributed by atoms with Crippen LogP contribution in [0, 0.1) is 6.92 Å². The van der Waals surface area contributed by atoms with E-state index in [0.29, 0.717) is 18.8 Å². The number of aryl methyl sites for hydroxylation is 1. The van der Waals surface area contributed by atoms with Gasteiger partial charge in [0, 0.05) is 38.6 Å². The maximum absolute atomic E-state index is 12.5. The van der Waals surface area contributed by atoms with Crippen LogP contribution in [0.3, 0.4) is 0 Å². The third-order valence-corrected chi connectivity index (χ3v) is 3.86. The van der Waals surface area contributed by atoms with E-state index in [1.807, 2.05) is 46.9 Å². The molecule has 1 aromatic heterocycles. The first kappa shape index (κ1) is 13.5. The number of amides is 2. The van der Waals surface area contributed by atoms with Gasteiger partial charge in [-0.2, -0.15) is 0 Å². The molecule has 3 rings (SSSR count). The molecule has 110 valence electrons. The normalized spacial score (nSPS) is 15.0. The fourth-order valence-corrected chi connectivity index (χ4v) is 2.62. The van der Waals surface area contributed by atoms with Crippen LogP contribution in [0.4, 0.5) is 16.2 Å². The van der Waals surface area contributed by atoms with E-state index in [1.165, 1.54) is 0 Å². The van der Waals surface area contributed by atoms with Crippen molar-refractivity contribution in [2.75, 3.05) is 30.3 Å². The van der Waals surface area contributed by atoms with E-state index >= 15 is 0 Å².